The van der Waals surface area contributed by atoms with Crippen molar-refractivity contribution in [2.24, 2.45) is 0 Å². The number of nitrogens with zero attached hydrogens (tertiary/aromatic N) is 2. The Morgan fingerprint density at radius 3 is 2.62 bits per heavy atom. The lowest BCUT2D eigenvalue weighted by atomic mass is 9.99. The van der Waals surface area contributed by atoms with E-state index in [-0.39, 0.29) is 6.54 Å². The maximum atomic E-state index is 10.8. The summed E-state index contributed by atoms with van der Waals surface area (Å²) in [6, 6.07) is 8.63. The summed E-state index contributed by atoms with van der Waals surface area (Å²) in [5.41, 5.74) is 1.16. The lowest BCUT2D eigenvalue weighted by molar-refractivity contribution is -0.138. The monoisotopic (exact) mass is 310 g/mol. The molecule has 2 rings (SSSR count). The standard InChI is InChI=1S/C16H23ClN2O2/c1-12(14-5-3-4-6-15(14)17)19-9-7-13(8-10-19)18(2)11-16(20)21/h3-6,12-13H,7-11H2,1-2H3,(H,20,21). The number of carboxylic acids is 1. The quantitative estimate of drug-likeness (QED) is 0.908. The van der Waals surface area contributed by atoms with Gasteiger partial charge in [0.15, 0.2) is 0 Å². The number of likely N-dealkylation sites (tertiary alicyclic amines) is 1. The van der Waals surface area contributed by atoms with Crippen molar-refractivity contribution in [2.45, 2.75) is 31.8 Å². The number of piperidine rings is 1. The van der Waals surface area contributed by atoms with Gasteiger partial charge in [-0.3, -0.25) is 14.6 Å². The van der Waals surface area contributed by atoms with Gasteiger partial charge in [0.1, 0.15) is 0 Å². The molecule has 0 amide bonds. The Kier molecular flexibility index (Phi) is 5.62. The van der Waals surface area contributed by atoms with Crippen LogP contribution in [0.4, 0.5) is 0 Å². The van der Waals surface area contributed by atoms with Gasteiger partial charge in [-0.05, 0) is 38.4 Å². The van der Waals surface area contributed by atoms with Crippen LogP contribution in [0.1, 0.15) is 31.4 Å². The van der Waals surface area contributed by atoms with E-state index in [0.29, 0.717) is 12.1 Å². The number of aliphatic carboxylic acids is 1. The molecular formula is C16H23ClN2O2. The molecule has 1 saturated heterocycles. The largest absolute Gasteiger partial charge is 0.480 e. The van der Waals surface area contributed by atoms with Crippen molar-refractivity contribution in [2.75, 3.05) is 26.7 Å². The molecule has 5 heteroatoms. The predicted molar refractivity (Wildman–Crippen MR) is 84.7 cm³/mol. The maximum Gasteiger partial charge on any atom is 0.317 e. The average Bonchev–Trinajstić information content (AvgIpc) is 2.46. The van der Waals surface area contributed by atoms with Crippen LogP contribution in [0.15, 0.2) is 24.3 Å². The van der Waals surface area contributed by atoms with Crippen molar-refractivity contribution < 1.29 is 9.90 Å². The first-order valence-electron chi connectivity index (χ1n) is 7.39. The minimum atomic E-state index is -0.760. The van der Waals surface area contributed by atoms with Crippen LogP contribution in [-0.4, -0.2) is 53.6 Å². The van der Waals surface area contributed by atoms with Crippen molar-refractivity contribution in [3.05, 3.63) is 34.9 Å². The molecule has 21 heavy (non-hydrogen) atoms. The molecule has 1 aliphatic heterocycles. The molecule has 1 N–H and O–H groups in total. The first-order valence-corrected chi connectivity index (χ1v) is 7.77. The minimum Gasteiger partial charge on any atom is -0.480 e. The summed E-state index contributed by atoms with van der Waals surface area (Å²) in [5.74, 6) is -0.760. The smallest absolute Gasteiger partial charge is 0.317 e. The number of hydrogen-bond donors (Lipinski definition) is 1. The molecule has 0 aromatic heterocycles. The van der Waals surface area contributed by atoms with Gasteiger partial charge in [-0.15, -0.1) is 0 Å². The first kappa shape index (κ1) is 16.3. The summed E-state index contributed by atoms with van der Waals surface area (Å²) in [4.78, 5) is 15.1. The summed E-state index contributed by atoms with van der Waals surface area (Å²) in [6.07, 6.45) is 2.00. The fraction of sp³-hybridized carbons (Fsp3) is 0.562. The van der Waals surface area contributed by atoms with E-state index in [0.717, 1.165) is 36.5 Å². The van der Waals surface area contributed by atoms with Crippen LogP contribution in [0, 0.1) is 0 Å². The summed E-state index contributed by atoms with van der Waals surface area (Å²) in [5, 5.41) is 9.68. The van der Waals surface area contributed by atoms with Gasteiger partial charge in [0.2, 0.25) is 0 Å². The van der Waals surface area contributed by atoms with Gasteiger partial charge in [0.05, 0.1) is 6.54 Å². The van der Waals surface area contributed by atoms with Crippen molar-refractivity contribution in [3.8, 4) is 0 Å². The fourth-order valence-corrected chi connectivity index (χ4v) is 3.36. The molecule has 0 saturated carbocycles. The van der Waals surface area contributed by atoms with Crippen LogP contribution in [0.3, 0.4) is 0 Å². The summed E-state index contributed by atoms with van der Waals surface area (Å²) < 4.78 is 0. The third-order valence-corrected chi connectivity index (χ3v) is 4.75. The number of carbonyl (C=O) groups is 1. The molecular weight excluding hydrogens is 288 g/mol. The van der Waals surface area contributed by atoms with E-state index in [4.69, 9.17) is 16.7 Å². The van der Waals surface area contributed by atoms with Gasteiger partial charge < -0.3 is 5.11 Å². The number of halogens is 1. The average molecular weight is 311 g/mol. The number of rotatable bonds is 5. The lowest BCUT2D eigenvalue weighted by Crippen LogP contribution is -2.45. The van der Waals surface area contributed by atoms with Crippen LogP contribution in [0.25, 0.3) is 0 Å². The molecule has 1 unspecified atom stereocenters. The zero-order chi connectivity index (χ0) is 15.4. The van der Waals surface area contributed by atoms with E-state index >= 15 is 0 Å². The third-order valence-electron chi connectivity index (χ3n) is 4.41. The molecule has 1 fully saturated rings. The van der Waals surface area contributed by atoms with Gasteiger partial charge in [-0.25, -0.2) is 0 Å². The highest BCUT2D eigenvalue weighted by Crippen LogP contribution is 2.29. The van der Waals surface area contributed by atoms with Crippen molar-refractivity contribution >= 4 is 17.6 Å². The second kappa shape index (κ2) is 7.25. The second-order valence-electron chi connectivity index (χ2n) is 5.77. The number of benzene rings is 1. The molecule has 0 bridgehead atoms. The Bertz CT molecular complexity index is 487. The molecule has 1 atom stereocenters. The summed E-state index contributed by atoms with van der Waals surface area (Å²) >= 11 is 6.27. The van der Waals surface area contributed by atoms with E-state index in [9.17, 15) is 4.79 Å². The third kappa shape index (κ3) is 4.19. The Labute approximate surface area is 131 Å². The van der Waals surface area contributed by atoms with Gasteiger partial charge >= 0.3 is 5.97 Å². The molecule has 1 aromatic rings. The Morgan fingerprint density at radius 1 is 1.43 bits per heavy atom. The zero-order valence-corrected chi connectivity index (χ0v) is 13.4. The van der Waals surface area contributed by atoms with Crippen LogP contribution in [0.5, 0.6) is 0 Å². The van der Waals surface area contributed by atoms with Gasteiger partial charge in [0, 0.05) is 30.2 Å². The van der Waals surface area contributed by atoms with Crippen LogP contribution in [0.2, 0.25) is 5.02 Å². The number of carboxylic acid groups (broad SMARTS) is 1. The SMILES string of the molecule is CC(c1ccccc1Cl)N1CCC(N(C)CC(=O)O)CC1. The van der Waals surface area contributed by atoms with E-state index in [1.165, 1.54) is 0 Å². The Hall–Kier alpha value is -1.10. The van der Waals surface area contributed by atoms with E-state index in [2.05, 4.69) is 17.9 Å². The van der Waals surface area contributed by atoms with Crippen LogP contribution < -0.4 is 0 Å². The van der Waals surface area contributed by atoms with Gasteiger partial charge in [0.25, 0.3) is 0 Å². The summed E-state index contributed by atoms with van der Waals surface area (Å²) in [7, 11) is 1.89. The molecule has 0 spiro atoms. The molecule has 116 valence electrons. The fourth-order valence-electron chi connectivity index (χ4n) is 3.07. The van der Waals surface area contributed by atoms with E-state index in [1.54, 1.807) is 0 Å². The molecule has 4 nitrogen and oxygen atoms in total. The number of likely N-dealkylation sites (N-methyl/N-ethyl adjacent to an activating group) is 1. The topological polar surface area (TPSA) is 43.8 Å². The first-order chi connectivity index (χ1) is 9.99. The van der Waals surface area contributed by atoms with Crippen molar-refractivity contribution in [3.63, 3.8) is 0 Å². The summed E-state index contributed by atoms with van der Waals surface area (Å²) in [6.45, 7) is 4.25. The van der Waals surface area contributed by atoms with Gasteiger partial charge in [-0.1, -0.05) is 29.8 Å². The Balaban J connectivity index is 1.92. The van der Waals surface area contributed by atoms with E-state index in [1.807, 2.05) is 30.1 Å². The highest BCUT2D eigenvalue weighted by molar-refractivity contribution is 6.31. The van der Waals surface area contributed by atoms with Crippen molar-refractivity contribution in [1.29, 1.82) is 0 Å². The number of hydrogen-bond acceptors (Lipinski definition) is 3. The molecule has 1 aromatic carbocycles. The molecule has 1 heterocycles. The predicted octanol–water partition coefficient (Wildman–Crippen LogP) is 2.88. The lowest BCUT2D eigenvalue weighted by Gasteiger charge is -2.39. The highest BCUT2D eigenvalue weighted by atomic mass is 35.5. The Morgan fingerprint density at radius 2 is 2.05 bits per heavy atom. The van der Waals surface area contributed by atoms with Crippen molar-refractivity contribution in [1.82, 2.24) is 9.80 Å². The second-order valence-corrected chi connectivity index (χ2v) is 6.18. The molecule has 0 radical (unpaired) electrons. The minimum absolute atomic E-state index is 0.116. The van der Waals surface area contributed by atoms with Crippen LogP contribution in [-0.2, 0) is 4.79 Å². The molecule has 1 aliphatic rings. The highest BCUT2D eigenvalue weighted by Gasteiger charge is 2.27. The van der Waals surface area contributed by atoms with E-state index < -0.39 is 5.97 Å². The maximum absolute atomic E-state index is 10.8. The molecule has 0 aliphatic carbocycles. The zero-order valence-electron chi connectivity index (χ0n) is 12.6. The van der Waals surface area contributed by atoms with Crippen LogP contribution >= 0.6 is 11.6 Å². The normalized spacial score (nSPS) is 18.9. The van der Waals surface area contributed by atoms with Gasteiger partial charge in [-0.2, -0.15) is 0 Å².